The molecule has 6 nitrogen and oxygen atoms in total. The Bertz CT molecular complexity index is 1300. The quantitative estimate of drug-likeness (QED) is 0.383. The fourth-order valence-electron chi connectivity index (χ4n) is 4.60. The summed E-state index contributed by atoms with van der Waals surface area (Å²) in [6.07, 6.45) is 2.01. The molecule has 0 aliphatic carbocycles. The second-order valence-electron chi connectivity index (χ2n) is 8.72. The Morgan fingerprint density at radius 2 is 1.97 bits per heavy atom. The highest BCUT2D eigenvalue weighted by atomic mass is 35.5. The second kappa shape index (κ2) is 10.6. The van der Waals surface area contributed by atoms with Crippen molar-refractivity contribution in [2.75, 3.05) is 39.4 Å². The topological polar surface area (TPSA) is 70.2 Å². The lowest BCUT2D eigenvalue weighted by Gasteiger charge is -2.26. The third-order valence-electron chi connectivity index (χ3n) is 6.41. The minimum atomic E-state index is 0.0940. The van der Waals surface area contributed by atoms with E-state index < -0.39 is 0 Å². The highest BCUT2D eigenvalue weighted by molar-refractivity contribution is 6.31. The summed E-state index contributed by atoms with van der Waals surface area (Å²) in [6.45, 7) is 4.96. The average Bonchev–Trinajstić information content (AvgIpc) is 3.22. The molecular formula is C27H29ClN4O2. The summed E-state index contributed by atoms with van der Waals surface area (Å²) in [7, 11) is 0. The number of benzene rings is 2. The van der Waals surface area contributed by atoms with Crippen molar-refractivity contribution in [2.24, 2.45) is 0 Å². The van der Waals surface area contributed by atoms with E-state index in [9.17, 15) is 4.79 Å². The van der Waals surface area contributed by atoms with Crippen molar-refractivity contribution in [2.45, 2.75) is 19.3 Å². The molecule has 0 saturated carbocycles. The van der Waals surface area contributed by atoms with E-state index in [-0.39, 0.29) is 5.91 Å². The van der Waals surface area contributed by atoms with E-state index >= 15 is 0 Å². The number of aryl methyl sites for hydroxylation is 1. The molecule has 1 aliphatic rings. The van der Waals surface area contributed by atoms with E-state index in [1.165, 1.54) is 0 Å². The first-order valence-corrected chi connectivity index (χ1v) is 12.3. The van der Waals surface area contributed by atoms with Crippen LogP contribution in [0.25, 0.3) is 33.2 Å². The fourth-order valence-corrected chi connectivity index (χ4v) is 4.77. The standard InChI is InChI=1S/C27H29ClN4O2/c28-20-9-11-24-22(18-20)21(5-3-7-26(33)29-12-13-32-14-16-34-17-15-32)27(31-24)25-10-8-19-4-1-2-6-23(19)30-25/h1-2,4,6,8-11,18,31H,3,5,7,12-17H2,(H,29,33). The number of nitrogens with zero attached hydrogens (tertiary/aromatic N) is 2. The molecule has 0 radical (unpaired) electrons. The van der Waals surface area contributed by atoms with Crippen LogP contribution < -0.4 is 5.32 Å². The van der Waals surface area contributed by atoms with Gasteiger partial charge in [0.2, 0.25) is 5.91 Å². The smallest absolute Gasteiger partial charge is 0.220 e. The number of hydrogen-bond acceptors (Lipinski definition) is 4. The van der Waals surface area contributed by atoms with Crippen molar-refractivity contribution in [3.63, 3.8) is 0 Å². The van der Waals surface area contributed by atoms with E-state index in [0.717, 1.165) is 84.4 Å². The van der Waals surface area contributed by atoms with Crippen LogP contribution in [0.3, 0.4) is 0 Å². The lowest BCUT2D eigenvalue weighted by molar-refractivity contribution is -0.121. The van der Waals surface area contributed by atoms with Gasteiger partial charge in [0.25, 0.3) is 0 Å². The van der Waals surface area contributed by atoms with Gasteiger partial charge in [-0.2, -0.15) is 0 Å². The molecule has 2 N–H and O–H groups in total. The Morgan fingerprint density at radius 3 is 2.85 bits per heavy atom. The fraction of sp³-hybridized carbons (Fsp3) is 0.333. The Hall–Kier alpha value is -2.93. The number of ether oxygens (including phenoxy) is 1. The summed E-state index contributed by atoms with van der Waals surface area (Å²) in [4.78, 5) is 23.2. The van der Waals surface area contributed by atoms with Gasteiger partial charge in [-0.05, 0) is 48.7 Å². The van der Waals surface area contributed by atoms with Crippen molar-refractivity contribution in [1.82, 2.24) is 20.2 Å². The van der Waals surface area contributed by atoms with Crippen LogP contribution in [-0.2, 0) is 16.0 Å². The van der Waals surface area contributed by atoms with Gasteiger partial charge < -0.3 is 15.0 Å². The highest BCUT2D eigenvalue weighted by Gasteiger charge is 2.16. The number of hydrogen-bond donors (Lipinski definition) is 2. The van der Waals surface area contributed by atoms with Gasteiger partial charge >= 0.3 is 0 Å². The van der Waals surface area contributed by atoms with Crippen molar-refractivity contribution < 1.29 is 9.53 Å². The summed E-state index contributed by atoms with van der Waals surface area (Å²) in [5.74, 6) is 0.0940. The van der Waals surface area contributed by atoms with Crippen LogP contribution in [0.15, 0.2) is 54.6 Å². The molecule has 4 aromatic rings. The summed E-state index contributed by atoms with van der Waals surface area (Å²) >= 11 is 6.32. The maximum Gasteiger partial charge on any atom is 0.220 e. The molecule has 0 atom stereocenters. The first kappa shape index (κ1) is 22.8. The monoisotopic (exact) mass is 476 g/mol. The predicted molar refractivity (Wildman–Crippen MR) is 137 cm³/mol. The zero-order valence-corrected chi connectivity index (χ0v) is 19.9. The molecule has 34 heavy (non-hydrogen) atoms. The van der Waals surface area contributed by atoms with Crippen LogP contribution >= 0.6 is 11.6 Å². The molecule has 1 saturated heterocycles. The van der Waals surface area contributed by atoms with Gasteiger partial charge in [0.1, 0.15) is 0 Å². The first-order valence-electron chi connectivity index (χ1n) is 11.9. The molecule has 176 valence electrons. The van der Waals surface area contributed by atoms with E-state index in [0.29, 0.717) is 18.0 Å². The Kier molecular flexibility index (Phi) is 7.09. The van der Waals surface area contributed by atoms with Crippen LogP contribution in [0.5, 0.6) is 0 Å². The zero-order chi connectivity index (χ0) is 23.3. The number of amides is 1. The van der Waals surface area contributed by atoms with Crippen molar-refractivity contribution in [3.05, 3.63) is 65.2 Å². The number of morpholine rings is 1. The van der Waals surface area contributed by atoms with E-state index in [2.05, 4.69) is 33.4 Å². The molecule has 0 spiro atoms. The maximum absolute atomic E-state index is 12.4. The number of aromatic nitrogens is 2. The third kappa shape index (κ3) is 5.25. The molecule has 5 rings (SSSR count). The SMILES string of the molecule is O=C(CCCc1c(-c2ccc3ccccc3n2)[nH]c2ccc(Cl)cc12)NCCN1CCOCC1. The van der Waals surface area contributed by atoms with Crippen LogP contribution in [0, 0.1) is 0 Å². The van der Waals surface area contributed by atoms with Gasteiger partial charge in [-0.25, -0.2) is 4.98 Å². The number of fused-ring (bicyclic) bond motifs is 2. The van der Waals surface area contributed by atoms with Crippen LogP contribution in [0.2, 0.25) is 5.02 Å². The number of halogens is 1. The molecule has 0 bridgehead atoms. The first-order chi connectivity index (χ1) is 16.7. The summed E-state index contributed by atoms with van der Waals surface area (Å²) in [5, 5.41) is 5.96. The Labute approximate surface area is 204 Å². The number of rotatable bonds is 8. The van der Waals surface area contributed by atoms with E-state index in [1.807, 2.05) is 36.4 Å². The number of carbonyl (C=O) groups excluding carboxylic acids is 1. The lowest BCUT2D eigenvalue weighted by Crippen LogP contribution is -2.41. The second-order valence-corrected chi connectivity index (χ2v) is 9.15. The van der Waals surface area contributed by atoms with Crippen LogP contribution in [-0.4, -0.2) is 60.2 Å². The van der Waals surface area contributed by atoms with Gasteiger partial charge in [0.15, 0.2) is 0 Å². The van der Waals surface area contributed by atoms with Gasteiger partial charge in [0, 0.05) is 53.9 Å². The predicted octanol–water partition coefficient (Wildman–Crippen LogP) is 4.81. The van der Waals surface area contributed by atoms with Gasteiger partial charge in [-0.1, -0.05) is 35.9 Å². The molecule has 2 aromatic carbocycles. The number of nitrogens with one attached hydrogen (secondary N) is 2. The summed E-state index contributed by atoms with van der Waals surface area (Å²) in [6, 6.07) is 18.2. The summed E-state index contributed by atoms with van der Waals surface area (Å²) < 4.78 is 5.37. The van der Waals surface area contributed by atoms with Crippen molar-refractivity contribution >= 4 is 39.3 Å². The van der Waals surface area contributed by atoms with Gasteiger partial charge in [0.05, 0.1) is 30.1 Å². The number of carbonyl (C=O) groups is 1. The summed E-state index contributed by atoms with van der Waals surface area (Å²) in [5.41, 5.74) is 5.04. The van der Waals surface area contributed by atoms with E-state index in [4.69, 9.17) is 21.3 Å². The number of para-hydroxylation sites is 1. The van der Waals surface area contributed by atoms with Crippen molar-refractivity contribution in [1.29, 1.82) is 0 Å². The minimum Gasteiger partial charge on any atom is -0.379 e. The Balaban J connectivity index is 1.28. The zero-order valence-electron chi connectivity index (χ0n) is 19.1. The third-order valence-corrected chi connectivity index (χ3v) is 6.64. The minimum absolute atomic E-state index is 0.0940. The largest absolute Gasteiger partial charge is 0.379 e. The number of aromatic amines is 1. The molecule has 7 heteroatoms. The molecule has 1 amide bonds. The van der Waals surface area contributed by atoms with Gasteiger partial charge in [-0.3, -0.25) is 9.69 Å². The highest BCUT2D eigenvalue weighted by Crippen LogP contribution is 2.33. The van der Waals surface area contributed by atoms with Gasteiger partial charge in [-0.15, -0.1) is 0 Å². The lowest BCUT2D eigenvalue weighted by atomic mass is 10.0. The normalized spacial score (nSPS) is 14.6. The van der Waals surface area contributed by atoms with Crippen LogP contribution in [0.1, 0.15) is 18.4 Å². The molecule has 1 aliphatic heterocycles. The molecular weight excluding hydrogens is 448 g/mol. The average molecular weight is 477 g/mol. The van der Waals surface area contributed by atoms with Crippen LogP contribution in [0.4, 0.5) is 0 Å². The molecule has 3 heterocycles. The number of H-pyrrole nitrogens is 1. The maximum atomic E-state index is 12.4. The van der Waals surface area contributed by atoms with E-state index in [1.54, 1.807) is 0 Å². The Morgan fingerprint density at radius 1 is 1.12 bits per heavy atom. The molecule has 2 aromatic heterocycles. The van der Waals surface area contributed by atoms with Crippen molar-refractivity contribution in [3.8, 4) is 11.4 Å². The molecule has 0 unspecified atom stereocenters. The number of pyridine rings is 1. The molecule has 1 fully saturated rings.